The number of amides is 1. The number of halogens is 2. The van der Waals surface area contributed by atoms with E-state index in [1.807, 2.05) is 19.9 Å². The molecule has 0 radical (unpaired) electrons. The lowest BCUT2D eigenvalue weighted by Gasteiger charge is -2.31. The highest BCUT2D eigenvalue weighted by atomic mass is 35.5. The Kier molecular flexibility index (Phi) is 6.56. The van der Waals surface area contributed by atoms with E-state index in [4.69, 9.17) is 33.0 Å². The van der Waals surface area contributed by atoms with Crippen molar-refractivity contribution >= 4 is 29.1 Å². The molecule has 1 aromatic carbocycles. The first-order valence-corrected chi connectivity index (χ1v) is 10.3. The number of benzene rings is 1. The van der Waals surface area contributed by atoms with Crippen molar-refractivity contribution < 1.29 is 14.6 Å². The van der Waals surface area contributed by atoms with Crippen molar-refractivity contribution in [3.05, 3.63) is 60.5 Å². The Hall–Kier alpha value is -2.02. The van der Waals surface area contributed by atoms with Gasteiger partial charge in [-0.3, -0.25) is 9.59 Å². The van der Waals surface area contributed by atoms with Crippen molar-refractivity contribution in [3.63, 3.8) is 0 Å². The molecular formula is C21H24Cl2N2O4. The molecule has 8 heteroatoms. The Morgan fingerprint density at radius 2 is 2.00 bits per heavy atom. The molecule has 2 aromatic rings. The fourth-order valence-corrected chi connectivity index (χ4v) is 4.16. The number of aliphatic hydroxyl groups is 1. The summed E-state index contributed by atoms with van der Waals surface area (Å²) in [5.74, 6) is 0.0358. The number of ether oxygens (including phenoxy) is 1. The second kappa shape index (κ2) is 8.78. The molecule has 1 atom stereocenters. The van der Waals surface area contributed by atoms with Gasteiger partial charge in [0, 0.05) is 41.9 Å². The highest BCUT2D eigenvalue weighted by Gasteiger charge is 2.31. The van der Waals surface area contributed by atoms with Gasteiger partial charge in [-0.05, 0) is 44.4 Å². The molecule has 0 saturated heterocycles. The fraction of sp³-hybridized carbons (Fsp3) is 0.429. The summed E-state index contributed by atoms with van der Waals surface area (Å²) in [6.07, 6.45) is 0.686. The standard InChI is InChI=1S/C21H24Cl2N2O4/c1-11-8-12(2)24-20(27)15(11)10-25-6-4-14-16(22)9-17(29-13(3)5-7-26)19(23)18(14)21(25)28/h8-9,13,26H,4-7,10H2,1-3H3,(H,24,27)/t13-/m0/s1. The number of hydrogen-bond acceptors (Lipinski definition) is 4. The number of fused-ring (bicyclic) bond motifs is 1. The minimum Gasteiger partial charge on any atom is -0.489 e. The molecule has 2 N–H and O–H groups in total. The van der Waals surface area contributed by atoms with Gasteiger partial charge in [-0.15, -0.1) is 0 Å². The number of aromatic amines is 1. The fourth-order valence-electron chi connectivity index (χ4n) is 3.58. The SMILES string of the molecule is Cc1cc(C)c(CN2CCc3c(Cl)cc(O[C@@H](C)CCO)c(Cl)c3C2=O)c(=O)[nH]1. The first kappa shape index (κ1) is 21.7. The predicted molar refractivity (Wildman–Crippen MR) is 113 cm³/mol. The summed E-state index contributed by atoms with van der Waals surface area (Å²) in [7, 11) is 0. The maximum Gasteiger partial charge on any atom is 0.256 e. The van der Waals surface area contributed by atoms with Crippen LogP contribution in [-0.2, 0) is 13.0 Å². The molecule has 0 spiro atoms. The summed E-state index contributed by atoms with van der Waals surface area (Å²) in [5, 5.41) is 9.71. The average molecular weight is 439 g/mol. The topological polar surface area (TPSA) is 82.6 Å². The molecule has 0 aliphatic carbocycles. The van der Waals surface area contributed by atoms with Gasteiger partial charge in [0.2, 0.25) is 0 Å². The second-order valence-corrected chi connectivity index (χ2v) is 8.17. The zero-order valence-corrected chi connectivity index (χ0v) is 18.2. The van der Waals surface area contributed by atoms with Crippen molar-refractivity contribution in [1.82, 2.24) is 9.88 Å². The van der Waals surface area contributed by atoms with Crippen LogP contribution in [-0.4, -0.2) is 40.2 Å². The van der Waals surface area contributed by atoms with Gasteiger partial charge >= 0.3 is 0 Å². The van der Waals surface area contributed by atoms with E-state index in [1.54, 1.807) is 17.9 Å². The molecule has 0 unspecified atom stereocenters. The third kappa shape index (κ3) is 4.44. The van der Waals surface area contributed by atoms with E-state index >= 15 is 0 Å². The summed E-state index contributed by atoms with van der Waals surface area (Å²) in [6, 6.07) is 3.51. The molecule has 3 rings (SSSR count). The Balaban J connectivity index is 1.94. The van der Waals surface area contributed by atoms with Gasteiger partial charge in [0.15, 0.2) is 0 Å². The van der Waals surface area contributed by atoms with Crippen LogP contribution in [0.2, 0.25) is 10.0 Å². The van der Waals surface area contributed by atoms with Gasteiger partial charge in [0.25, 0.3) is 11.5 Å². The van der Waals surface area contributed by atoms with Gasteiger partial charge in [0.1, 0.15) is 5.75 Å². The minimum absolute atomic E-state index is 0.0192. The number of H-pyrrole nitrogens is 1. The van der Waals surface area contributed by atoms with Gasteiger partial charge in [0.05, 0.1) is 23.2 Å². The number of nitrogens with one attached hydrogen (secondary N) is 1. The van der Waals surface area contributed by atoms with Crippen LogP contribution in [0.25, 0.3) is 0 Å². The van der Waals surface area contributed by atoms with Gasteiger partial charge in [-0.25, -0.2) is 0 Å². The number of carbonyl (C=O) groups is 1. The average Bonchev–Trinajstić information content (AvgIpc) is 2.63. The first-order valence-electron chi connectivity index (χ1n) is 9.50. The molecule has 0 bridgehead atoms. The third-order valence-corrected chi connectivity index (χ3v) is 5.84. The maximum absolute atomic E-state index is 13.2. The van der Waals surface area contributed by atoms with Crippen LogP contribution in [0.15, 0.2) is 16.9 Å². The highest BCUT2D eigenvalue weighted by molar-refractivity contribution is 6.38. The van der Waals surface area contributed by atoms with Crippen LogP contribution in [0.5, 0.6) is 5.75 Å². The van der Waals surface area contributed by atoms with Gasteiger partial charge in [-0.1, -0.05) is 23.2 Å². The number of rotatable bonds is 6. The summed E-state index contributed by atoms with van der Waals surface area (Å²) < 4.78 is 5.78. The molecule has 156 valence electrons. The number of pyridine rings is 1. The predicted octanol–water partition coefficient (Wildman–Crippen LogP) is 3.65. The Morgan fingerprint density at radius 1 is 1.28 bits per heavy atom. The molecule has 0 saturated carbocycles. The molecule has 2 heterocycles. The normalized spacial score (nSPS) is 14.7. The lowest BCUT2D eigenvalue weighted by atomic mass is 9.97. The van der Waals surface area contributed by atoms with Crippen LogP contribution in [0.4, 0.5) is 0 Å². The van der Waals surface area contributed by atoms with Crippen LogP contribution in [0.1, 0.15) is 46.1 Å². The smallest absolute Gasteiger partial charge is 0.256 e. The lowest BCUT2D eigenvalue weighted by molar-refractivity contribution is 0.0725. The van der Waals surface area contributed by atoms with Crippen molar-refractivity contribution in [1.29, 1.82) is 0 Å². The van der Waals surface area contributed by atoms with Crippen molar-refractivity contribution in [2.24, 2.45) is 0 Å². The van der Waals surface area contributed by atoms with E-state index in [0.29, 0.717) is 46.8 Å². The summed E-state index contributed by atoms with van der Waals surface area (Å²) in [4.78, 5) is 30.0. The lowest BCUT2D eigenvalue weighted by Crippen LogP contribution is -2.39. The molecule has 29 heavy (non-hydrogen) atoms. The largest absolute Gasteiger partial charge is 0.489 e. The Labute approximate surface area is 179 Å². The van der Waals surface area contributed by atoms with Crippen molar-refractivity contribution in [3.8, 4) is 5.75 Å². The minimum atomic E-state index is -0.282. The van der Waals surface area contributed by atoms with E-state index in [9.17, 15) is 9.59 Å². The van der Waals surface area contributed by atoms with Crippen LogP contribution >= 0.6 is 23.2 Å². The Bertz CT molecular complexity index is 1000. The first-order chi connectivity index (χ1) is 13.7. The van der Waals surface area contributed by atoms with E-state index in [1.165, 1.54) is 0 Å². The third-order valence-electron chi connectivity index (χ3n) is 5.12. The maximum atomic E-state index is 13.2. The number of aromatic nitrogens is 1. The number of aliphatic hydroxyl groups excluding tert-OH is 1. The summed E-state index contributed by atoms with van der Waals surface area (Å²) in [6.45, 7) is 6.10. The van der Waals surface area contributed by atoms with Crippen molar-refractivity contribution in [2.45, 2.75) is 46.3 Å². The van der Waals surface area contributed by atoms with Crippen LogP contribution in [0, 0.1) is 13.8 Å². The number of aryl methyl sites for hydroxylation is 2. The molecule has 6 nitrogen and oxygen atoms in total. The van der Waals surface area contributed by atoms with E-state index in [0.717, 1.165) is 11.3 Å². The van der Waals surface area contributed by atoms with Crippen LogP contribution < -0.4 is 10.3 Å². The second-order valence-electron chi connectivity index (χ2n) is 7.38. The molecule has 1 amide bonds. The quantitative estimate of drug-likeness (QED) is 0.720. The van der Waals surface area contributed by atoms with E-state index in [2.05, 4.69) is 4.98 Å². The van der Waals surface area contributed by atoms with Crippen molar-refractivity contribution in [2.75, 3.05) is 13.2 Å². The number of nitrogens with zero attached hydrogens (tertiary/aromatic N) is 1. The summed E-state index contributed by atoms with van der Waals surface area (Å²) in [5.41, 5.74) is 2.98. The monoisotopic (exact) mass is 438 g/mol. The van der Waals surface area contributed by atoms with Gasteiger partial charge in [-0.2, -0.15) is 0 Å². The molecular weight excluding hydrogens is 415 g/mol. The van der Waals surface area contributed by atoms with E-state index in [-0.39, 0.29) is 35.7 Å². The Morgan fingerprint density at radius 3 is 2.66 bits per heavy atom. The van der Waals surface area contributed by atoms with Crippen LogP contribution in [0.3, 0.4) is 0 Å². The zero-order valence-electron chi connectivity index (χ0n) is 16.6. The number of carbonyl (C=O) groups excluding carboxylic acids is 1. The molecule has 0 fully saturated rings. The van der Waals surface area contributed by atoms with Gasteiger partial charge < -0.3 is 19.7 Å². The molecule has 1 aliphatic heterocycles. The highest BCUT2D eigenvalue weighted by Crippen LogP contribution is 2.39. The molecule has 1 aliphatic rings. The number of hydrogen-bond donors (Lipinski definition) is 2. The molecule has 1 aromatic heterocycles. The summed E-state index contributed by atoms with van der Waals surface area (Å²) >= 11 is 12.9. The van der Waals surface area contributed by atoms with E-state index < -0.39 is 0 Å². The zero-order chi connectivity index (χ0) is 21.3.